The molecule has 1 unspecified atom stereocenters. The van der Waals surface area contributed by atoms with Crippen molar-refractivity contribution in [2.75, 3.05) is 13.1 Å². The van der Waals surface area contributed by atoms with E-state index in [1.54, 1.807) is 0 Å². The van der Waals surface area contributed by atoms with E-state index in [1.807, 2.05) is 0 Å². The lowest BCUT2D eigenvalue weighted by Gasteiger charge is -2.50. The maximum Gasteiger partial charge on any atom is 0.0281 e. The average molecular weight is 226 g/mol. The lowest BCUT2D eigenvalue weighted by molar-refractivity contribution is 0.0130. The van der Waals surface area contributed by atoms with Gasteiger partial charge >= 0.3 is 0 Å². The van der Waals surface area contributed by atoms with Gasteiger partial charge in [0, 0.05) is 30.7 Å². The fraction of sp³-hybridized carbons (Fsp3) is 1.00. The van der Waals surface area contributed by atoms with Gasteiger partial charge in [-0.3, -0.25) is 4.90 Å². The first-order chi connectivity index (χ1) is 7.42. The predicted octanol–water partition coefficient (Wildman–Crippen LogP) is 2.88. The SMILES string of the molecule is CCC(CC)N1CC(C(C)C)NCC1(C)C. The monoisotopic (exact) mass is 226 g/mol. The number of nitrogens with one attached hydrogen (secondary N) is 1. The van der Waals surface area contributed by atoms with Crippen LogP contribution in [-0.4, -0.2) is 35.6 Å². The van der Waals surface area contributed by atoms with Gasteiger partial charge in [0.05, 0.1) is 0 Å². The second kappa shape index (κ2) is 5.50. The topological polar surface area (TPSA) is 15.3 Å². The van der Waals surface area contributed by atoms with Gasteiger partial charge in [0.2, 0.25) is 0 Å². The van der Waals surface area contributed by atoms with E-state index in [2.05, 4.69) is 51.8 Å². The quantitative estimate of drug-likeness (QED) is 0.793. The minimum absolute atomic E-state index is 0.308. The highest BCUT2D eigenvalue weighted by molar-refractivity contribution is 4.96. The zero-order valence-electron chi connectivity index (χ0n) is 12.0. The Morgan fingerprint density at radius 2 is 1.81 bits per heavy atom. The molecular formula is C14H30N2. The van der Waals surface area contributed by atoms with Gasteiger partial charge in [0.1, 0.15) is 0 Å². The molecule has 0 aromatic carbocycles. The largest absolute Gasteiger partial charge is 0.311 e. The number of rotatable bonds is 4. The van der Waals surface area contributed by atoms with Crippen molar-refractivity contribution in [3.05, 3.63) is 0 Å². The molecule has 0 aliphatic carbocycles. The van der Waals surface area contributed by atoms with Crippen molar-refractivity contribution in [3.8, 4) is 0 Å². The summed E-state index contributed by atoms with van der Waals surface area (Å²) in [5, 5.41) is 3.70. The molecule has 0 bridgehead atoms. The van der Waals surface area contributed by atoms with Crippen molar-refractivity contribution in [1.82, 2.24) is 10.2 Å². The van der Waals surface area contributed by atoms with Crippen molar-refractivity contribution >= 4 is 0 Å². The molecule has 0 aromatic heterocycles. The Hall–Kier alpha value is -0.0800. The Morgan fingerprint density at radius 3 is 2.25 bits per heavy atom. The number of hydrogen-bond donors (Lipinski definition) is 1. The van der Waals surface area contributed by atoms with Crippen molar-refractivity contribution in [1.29, 1.82) is 0 Å². The van der Waals surface area contributed by atoms with Crippen molar-refractivity contribution < 1.29 is 0 Å². The maximum atomic E-state index is 3.70. The molecule has 0 aromatic rings. The van der Waals surface area contributed by atoms with Gasteiger partial charge in [-0.25, -0.2) is 0 Å². The summed E-state index contributed by atoms with van der Waals surface area (Å²) in [4.78, 5) is 2.73. The van der Waals surface area contributed by atoms with Gasteiger partial charge < -0.3 is 5.32 Å². The van der Waals surface area contributed by atoms with E-state index >= 15 is 0 Å². The molecule has 2 nitrogen and oxygen atoms in total. The van der Waals surface area contributed by atoms with Crippen LogP contribution in [-0.2, 0) is 0 Å². The first-order valence-electron chi connectivity index (χ1n) is 6.92. The van der Waals surface area contributed by atoms with Crippen LogP contribution in [0.4, 0.5) is 0 Å². The smallest absolute Gasteiger partial charge is 0.0281 e. The molecule has 0 radical (unpaired) electrons. The Bertz CT molecular complexity index is 207. The minimum atomic E-state index is 0.308. The molecule has 1 N–H and O–H groups in total. The summed E-state index contributed by atoms with van der Waals surface area (Å²) >= 11 is 0. The Balaban J connectivity index is 2.75. The third kappa shape index (κ3) is 2.98. The molecular weight excluding hydrogens is 196 g/mol. The summed E-state index contributed by atoms with van der Waals surface area (Å²) < 4.78 is 0. The number of piperazine rings is 1. The van der Waals surface area contributed by atoms with E-state index in [4.69, 9.17) is 0 Å². The Labute approximate surface area is 102 Å². The molecule has 1 fully saturated rings. The van der Waals surface area contributed by atoms with E-state index in [0.29, 0.717) is 11.6 Å². The number of nitrogens with zero attached hydrogens (tertiary/aromatic N) is 1. The summed E-state index contributed by atoms with van der Waals surface area (Å²) in [5.74, 6) is 0.730. The van der Waals surface area contributed by atoms with Gasteiger partial charge in [-0.2, -0.15) is 0 Å². The highest BCUT2D eigenvalue weighted by atomic mass is 15.3. The van der Waals surface area contributed by atoms with Gasteiger partial charge in [-0.1, -0.05) is 27.7 Å². The van der Waals surface area contributed by atoms with E-state index in [1.165, 1.54) is 19.4 Å². The molecule has 2 heteroatoms. The van der Waals surface area contributed by atoms with Crippen LogP contribution in [0.5, 0.6) is 0 Å². The van der Waals surface area contributed by atoms with Crippen LogP contribution in [0.3, 0.4) is 0 Å². The van der Waals surface area contributed by atoms with Crippen LogP contribution in [0.15, 0.2) is 0 Å². The molecule has 1 saturated heterocycles. The van der Waals surface area contributed by atoms with Crippen LogP contribution in [0.25, 0.3) is 0 Å². The molecule has 0 amide bonds. The van der Waals surface area contributed by atoms with Crippen molar-refractivity contribution in [2.24, 2.45) is 5.92 Å². The normalized spacial score (nSPS) is 26.6. The first-order valence-corrected chi connectivity index (χ1v) is 6.92. The molecule has 1 rings (SSSR count). The molecule has 16 heavy (non-hydrogen) atoms. The lowest BCUT2D eigenvalue weighted by Crippen LogP contribution is -2.65. The Kier molecular flexibility index (Phi) is 4.81. The Morgan fingerprint density at radius 1 is 1.25 bits per heavy atom. The van der Waals surface area contributed by atoms with Crippen LogP contribution in [0.1, 0.15) is 54.4 Å². The molecule has 0 spiro atoms. The van der Waals surface area contributed by atoms with E-state index in [-0.39, 0.29) is 0 Å². The van der Waals surface area contributed by atoms with Gasteiger partial charge in [0.15, 0.2) is 0 Å². The summed E-state index contributed by atoms with van der Waals surface area (Å²) in [6.07, 6.45) is 2.54. The first kappa shape index (κ1) is 14.0. The molecule has 1 aliphatic heterocycles. The van der Waals surface area contributed by atoms with Crippen LogP contribution in [0.2, 0.25) is 0 Å². The standard InChI is InChI=1S/C14H30N2/c1-7-12(8-2)16-9-13(11(3)4)15-10-14(16,5)6/h11-13,15H,7-10H2,1-6H3. The molecule has 96 valence electrons. The highest BCUT2D eigenvalue weighted by Crippen LogP contribution is 2.26. The van der Waals surface area contributed by atoms with Gasteiger partial charge in [0.25, 0.3) is 0 Å². The summed E-state index contributed by atoms with van der Waals surface area (Å²) in [5.41, 5.74) is 0.308. The zero-order valence-corrected chi connectivity index (χ0v) is 12.0. The van der Waals surface area contributed by atoms with Gasteiger partial charge in [-0.15, -0.1) is 0 Å². The summed E-state index contributed by atoms with van der Waals surface area (Å²) in [7, 11) is 0. The highest BCUT2D eigenvalue weighted by Gasteiger charge is 2.37. The van der Waals surface area contributed by atoms with Crippen LogP contribution < -0.4 is 5.32 Å². The van der Waals surface area contributed by atoms with Gasteiger partial charge in [-0.05, 0) is 32.6 Å². The van der Waals surface area contributed by atoms with Crippen LogP contribution >= 0.6 is 0 Å². The predicted molar refractivity (Wildman–Crippen MR) is 71.8 cm³/mol. The second-order valence-corrected chi connectivity index (χ2v) is 6.17. The minimum Gasteiger partial charge on any atom is -0.311 e. The summed E-state index contributed by atoms with van der Waals surface area (Å²) in [6, 6.07) is 1.41. The van der Waals surface area contributed by atoms with E-state index in [9.17, 15) is 0 Å². The van der Waals surface area contributed by atoms with E-state index < -0.39 is 0 Å². The van der Waals surface area contributed by atoms with Crippen LogP contribution in [0, 0.1) is 5.92 Å². The molecule has 1 heterocycles. The van der Waals surface area contributed by atoms with Crippen molar-refractivity contribution in [3.63, 3.8) is 0 Å². The zero-order chi connectivity index (χ0) is 12.3. The molecule has 0 saturated carbocycles. The fourth-order valence-electron chi connectivity index (χ4n) is 2.83. The molecule has 1 atom stereocenters. The second-order valence-electron chi connectivity index (χ2n) is 6.17. The molecule has 1 aliphatic rings. The third-order valence-electron chi connectivity index (χ3n) is 4.16. The van der Waals surface area contributed by atoms with E-state index in [0.717, 1.165) is 18.5 Å². The summed E-state index contributed by atoms with van der Waals surface area (Å²) in [6.45, 7) is 16.3. The maximum absolute atomic E-state index is 3.70. The average Bonchev–Trinajstić information content (AvgIpc) is 2.21. The fourth-order valence-corrected chi connectivity index (χ4v) is 2.83. The lowest BCUT2D eigenvalue weighted by atomic mass is 9.90. The number of hydrogen-bond acceptors (Lipinski definition) is 2. The van der Waals surface area contributed by atoms with Crippen molar-refractivity contribution in [2.45, 2.75) is 72.0 Å². The third-order valence-corrected chi connectivity index (χ3v) is 4.16.